The lowest BCUT2D eigenvalue weighted by molar-refractivity contribution is 0.0746. The van der Waals surface area contributed by atoms with E-state index < -0.39 is 0 Å². The van der Waals surface area contributed by atoms with Gasteiger partial charge in [0.1, 0.15) is 0 Å². The maximum atomic E-state index is 11.3. The number of hydrogen-bond donors (Lipinski definition) is 0. The summed E-state index contributed by atoms with van der Waals surface area (Å²) in [5, 5.41) is 0. The van der Waals surface area contributed by atoms with Crippen molar-refractivity contribution in [3.8, 4) is 0 Å². The molecule has 0 radical (unpaired) electrons. The largest absolute Gasteiger partial charge is 0.459 e. The van der Waals surface area contributed by atoms with Crippen molar-refractivity contribution in [3.63, 3.8) is 0 Å². The predicted molar refractivity (Wildman–Crippen MR) is 39.4 cm³/mol. The first kappa shape index (κ1) is 6.46. The molecule has 0 aromatic carbocycles. The molecule has 0 aliphatic carbocycles. The third-order valence-corrected chi connectivity index (χ3v) is 2.00. The summed E-state index contributed by atoms with van der Waals surface area (Å²) in [6, 6.07) is 1.86. The highest BCUT2D eigenvalue weighted by atomic mass is 16.3. The minimum absolute atomic E-state index is 0.00347. The molecular weight excluding hydrogens is 142 g/mol. The van der Waals surface area contributed by atoms with Gasteiger partial charge in [-0.3, -0.25) is 4.79 Å². The molecule has 1 amide bonds. The van der Waals surface area contributed by atoms with E-state index in [1.54, 1.807) is 18.2 Å². The average molecular weight is 151 g/mol. The lowest BCUT2D eigenvalue weighted by Crippen LogP contribution is -2.33. The Kier molecular flexibility index (Phi) is 1.24. The summed E-state index contributed by atoms with van der Waals surface area (Å²) in [5.74, 6) is 0.509. The van der Waals surface area contributed by atoms with Crippen molar-refractivity contribution in [2.24, 2.45) is 0 Å². The number of furan rings is 1. The normalized spacial score (nSPS) is 16.8. The van der Waals surface area contributed by atoms with E-state index in [1.807, 2.05) is 6.07 Å². The molecule has 11 heavy (non-hydrogen) atoms. The highest BCUT2D eigenvalue weighted by Gasteiger charge is 2.23. The van der Waals surface area contributed by atoms with E-state index in [0.29, 0.717) is 5.76 Å². The first-order valence-corrected chi connectivity index (χ1v) is 3.61. The summed E-state index contributed by atoms with van der Waals surface area (Å²) in [4.78, 5) is 13.0. The van der Waals surface area contributed by atoms with Crippen LogP contribution in [0.15, 0.2) is 16.7 Å². The molecule has 2 heterocycles. The van der Waals surface area contributed by atoms with Gasteiger partial charge in [0.2, 0.25) is 0 Å². The van der Waals surface area contributed by atoms with Gasteiger partial charge in [0.05, 0.1) is 6.26 Å². The second-order valence-electron chi connectivity index (χ2n) is 2.75. The molecule has 0 saturated heterocycles. The number of carbonyl (C=O) groups excluding carboxylic acids is 1. The number of fused-ring (bicyclic) bond motifs is 1. The van der Waals surface area contributed by atoms with E-state index in [-0.39, 0.29) is 5.91 Å². The fourth-order valence-corrected chi connectivity index (χ4v) is 1.28. The van der Waals surface area contributed by atoms with Crippen LogP contribution in [-0.4, -0.2) is 24.4 Å². The monoisotopic (exact) mass is 151 g/mol. The molecule has 58 valence electrons. The zero-order chi connectivity index (χ0) is 7.84. The molecule has 0 spiro atoms. The number of rotatable bonds is 0. The SMILES string of the molecule is CN1CCc2ccoc2C1=O. The summed E-state index contributed by atoms with van der Waals surface area (Å²) >= 11 is 0. The van der Waals surface area contributed by atoms with Crippen LogP contribution in [0.25, 0.3) is 0 Å². The van der Waals surface area contributed by atoms with E-state index >= 15 is 0 Å². The van der Waals surface area contributed by atoms with Crippen LogP contribution in [0.3, 0.4) is 0 Å². The first-order chi connectivity index (χ1) is 5.29. The molecule has 0 fully saturated rings. The summed E-state index contributed by atoms with van der Waals surface area (Å²) in [6.07, 6.45) is 2.48. The van der Waals surface area contributed by atoms with Crippen molar-refractivity contribution in [2.45, 2.75) is 6.42 Å². The number of amides is 1. The predicted octanol–water partition coefficient (Wildman–Crippen LogP) is 0.908. The molecule has 0 N–H and O–H groups in total. The third-order valence-electron chi connectivity index (χ3n) is 2.00. The van der Waals surface area contributed by atoms with Crippen LogP contribution in [0.5, 0.6) is 0 Å². The highest BCUT2D eigenvalue weighted by molar-refractivity contribution is 5.93. The Bertz CT molecular complexity index is 290. The molecular formula is C8H9NO2. The molecule has 1 aliphatic heterocycles. The van der Waals surface area contributed by atoms with Gasteiger partial charge in [0.25, 0.3) is 5.91 Å². The molecule has 2 rings (SSSR count). The Morgan fingerprint density at radius 2 is 2.45 bits per heavy atom. The Morgan fingerprint density at radius 1 is 1.64 bits per heavy atom. The quantitative estimate of drug-likeness (QED) is 0.552. The Morgan fingerprint density at radius 3 is 3.27 bits per heavy atom. The molecule has 0 saturated carbocycles. The molecule has 3 heteroatoms. The Hall–Kier alpha value is -1.25. The van der Waals surface area contributed by atoms with Crippen LogP contribution in [0.2, 0.25) is 0 Å². The van der Waals surface area contributed by atoms with E-state index in [9.17, 15) is 4.79 Å². The van der Waals surface area contributed by atoms with Crippen molar-refractivity contribution in [2.75, 3.05) is 13.6 Å². The molecule has 0 bridgehead atoms. The fraction of sp³-hybridized carbons (Fsp3) is 0.375. The zero-order valence-electron chi connectivity index (χ0n) is 6.33. The standard InChI is InChI=1S/C8H9NO2/c1-9-4-2-6-3-5-11-7(6)8(9)10/h3,5H,2,4H2,1H3. The van der Waals surface area contributed by atoms with Crippen LogP contribution in [-0.2, 0) is 6.42 Å². The second-order valence-corrected chi connectivity index (χ2v) is 2.75. The maximum Gasteiger partial charge on any atom is 0.289 e. The lowest BCUT2D eigenvalue weighted by Gasteiger charge is -2.20. The van der Waals surface area contributed by atoms with Crippen molar-refractivity contribution >= 4 is 5.91 Å². The average Bonchev–Trinajstić information content (AvgIpc) is 2.45. The van der Waals surface area contributed by atoms with Gasteiger partial charge in [-0.1, -0.05) is 0 Å². The molecule has 3 nitrogen and oxygen atoms in total. The highest BCUT2D eigenvalue weighted by Crippen LogP contribution is 2.17. The lowest BCUT2D eigenvalue weighted by atomic mass is 10.1. The van der Waals surface area contributed by atoms with E-state index in [1.165, 1.54) is 0 Å². The number of nitrogens with zero attached hydrogens (tertiary/aromatic N) is 1. The van der Waals surface area contributed by atoms with Crippen LogP contribution < -0.4 is 0 Å². The third kappa shape index (κ3) is 0.843. The van der Waals surface area contributed by atoms with Gasteiger partial charge in [-0.2, -0.15) is 0 Å². The van der Waals surface area contributed by atoms with E-state index in [0.717, 1.165) is 18.5 Å². The van der Waals surface area contributed by atoms with Crippen molar-refractivity contribution in [3.05, 3.63) is 23.7 Å². The maximum absolute atomic E-state index is 11.3. The molecule has 1 aliphatic rings. The minimum Gasteiger partial charge on any atom is -0.459 e. The summed E-state index contributed by atoms with van der Waals surface area (Å²) in [6.45, 7) is 0.797. The van der Waals surface area contributed by atoms with Crippen molar-refractivity contribution in [1.29, 1.82) is 0 Å². The first-order valence-electron chi connectivity index (χ1n) is 3.61. The van der Waals surface area contributed by atoms with Gasteiger partial charge in [-0.15, -0.1) is 0 Å². The van der Waals surface area contributed by atoms with Gasteiger partial charge in [-0.05, 0) is 12.5 Å². The van der Waals surface area contributed by atoms with Crippen LogP contribution >= 0.6 is 0 Å². The fourth-order valence-electron chi connectivity index (χ4n) is 1.28. The summed E-state index contributed by atoms with van der Waals surface area (Å²) in [5.41, 5.74) is 1.04. The Labute approximate surface area is 64.6 Å². The zero-order valence-corrected chi connectivity index (χ0v) is 6.33. The molecule has 0 unspecified atom stereocenters. The van der Waals surface area contributed by atoms with Gasteiger partial charge in [-0.25, -0.2) is 0 Å². The topological polar surface area (TPSA) is 33.5 Å². The van der Waals surface area contributed by atoms with Crippen molar-refractivity contribution in [1.82, 2.24) is 4.90 Å². The molecule has 1 aromatic rings. The van der Waals surface area contributed by atoms with Crippen LogP contribution in [0, 0.1) is 0 Å². The molecule has 0 atom stereocenters. The van der Waals surface area contributed by atoms with Gasteiger partial charge < -0.3 is 9.32 Å². The van der Waals surface area contributed by atoms with Crippen LogP contribution in [0.1, 0.15) is 16.1 Å². The molecule has 1 aromatic heterocycles. The number of carbonyl (C=O) groups is 1. The van der Waals surface area contributed by atoms with Gasteiger partial charge in [0.15, 0.2) is 5.76 Å². The smallest absolute Gasteiger partial charge is 0.289 e. The number of hydrogen-bond acceptors (Lipinski definition) is 2. The Balaban J connectivity index is 2.46. The van der Waals surface area contributed by atoms with Gasteiger partial charge >= 0.3 is 0 Å². The van der Waals surface area contributed by atoms with E-state index in [2.05, 4.69) is 0 Å². The minimum atomic E-state index is -0.00347. The van der Waals surface area contributed by atoms with E-state index in [4.69, 9.17) is 4.42 Å². The van der Waals surface area contributed by atoms with Crippen molar-refractivity contribution < 1.29 is 9.21 Å². The second kappa shape index (κ2) is 2.12. The summed E-state index contributed by atoms with van der Waals surface area (Å²) < 4.78 is 5.05. The summed E-state index contributed by atoms with van der Waals surface area (Å²) in [7, 11) is 1.79. The van der Waals surface area contributed by atoms with Gasteiger partial charge in [0, 0.05) is 19.2 Å². The van der Waals surface area contributed by atoms with Crippen LogP contribution in [0.4, 0.5) is 0 Å². The number of likely N-dealkylation sites (N-methyl/N-ethyl adjacent to an activating group) is 1.